The second-order valence-electron chi connectivity index (χ2n) is 5.54. The quantitative estimate of drug-likeness (QED) is 0.767. The Balaban J connectivity index is 1.82. The summed E-state index contributed by atoms with van der Waals surface area (Å²) in [6, 6.07) is 7.32. The summed E-state index contributed by atoms with van der Waals surface area (Å²) < 4.78 is 5.65. The van der Waals surface area contributed by atoms with Crippen molar-refractivity contribution in [3.05, 3.63) is 29.8 Å². The average molecular weight is 276 g/mol. The van der Waals surface area contributed by atoms with Crippen molar-refractivity contribution in [3.8, 4) is 0 Å². The summed E-state index contributed by atoms with van der Waals surface area (Å²) in [6.45, 7) is 3.46. The zero-order valence-electron chi connectivity index (χ0n) is 12.1. The van der Waals surface area contributed by atoms with Crippen molar-refractivity contribution in [2.24, 2.45) is 11.7 Å². The molecule has 1 fully saturated rings. The molecule has 1 saturated carbocycles. The number of ether oxygens (including phenoxy) is 1. The Labute approximate surface area is 120 Å². The lowest BCUT2D eigenvalue weighted by Gasteiger charge is -2.12. The zero-order chi connectivity index (χ0) is 14.4. The van der Waals surface area contributed by atoms with Gasteiger partial charge >= 0.3 is 0 Å². The molecule has 2 rings (SSSR count). The number of benzene rings is 1. The van der Waals surface area contributed by atoms with E-state index >= 15 is 0 Å². The van der Waals surface area contributed by atoms with Crippen LogP contribution in [0.1, 0.15) is 38.2 Å². The Morgan fingerprint density at radius 2 is 2.30 bits per heavy atom. The predicted molar refractivity (Wildman–Crippen MR) is 80.3 cm³/mol. The van der Waals surface area contributed by atoms with E-state index in [4.69, 9.17) is 10.5 Å². The first-order chi connectivity index (χ1) is 9.69. The van der Waals surface area contributed by atoms with Gasteiger partial charge < -0.3 is 15.8 Å². The molecule has 20 heavy (non-hydrogen) atoms. The van der Waals surface area contributed by atoms with E-state index in [0.29, 0.717) is 13.0 Å². The van der Waals surface area contributed by atoms with Crippen LogP contribution in [0, 0.1) is 5.92 Å². The summed E-state index contributed by atoms with van der Waals surface area (Å²) >= 11 is 0. The fourth-order valence-corrected chi connectivity index (χ4v) is 2.04. The molecule has 110 valence electrons. The van der Waals surface area contributed by atoms with Crippen molar-refractivity contribution >= 4 is 11.6 Å². The highest BCUT2D eigenvalue weighted by Crippen LogP contribution is 2.29. The van der Waals surface area contributed by atoms with E-state index < -0.39 is 6.04 Å². The maximum Gasteiger partial charge on any atom is 0.241 e. The largest absolute Gasteiger partial charge is 0.376 e. The van der Waals surface area contributed by atoms with Crippen LogP contribution in [-0.4, -0.2) is 18.6 Å². The Kier molecular flexibility index (Phi) is 5.56. The number of carbonyl (C=O) groups is 1. The van der Waals surface area contributed by atoms with Crippen molar-refractivity contribution in [2.45, 2.75) is 45.3 Å². The molecule has 0 radical (unpaired) electrons. The molecule has 1 aliphatic carbocycles. The Bertz CT molecular complexity index is 444. The molecular weight excluding hydrogens is 252 g/mol. The van der Waals surface area contributed by atoms with Crippen molar-refractivity contribution < 1.29 is 9.53 Å². The number of hydrogen-bond donors (Lipinski definition) is 2. The Morgan fingerprint density at radius 3 is 3.00 bits per heavy atom. The Morgan fingerprint density at radius 1 is 1.50 bits per heavy atom. The van der Waals surface area contributed by atoms with Gasteiger partial charge in [-0.1, -0.05) is 25.5 Å². The lowest BCUT2D eigenvalue weighted by atomic mass is 10.1. The number of anilines is 1. The number of carbonyl (C=O) groups excluding carboxylic acids is 1. The highest BCUT2D eigenvalue weighted by Gasteiger charge is 2.21. The summed E-state index contributed by atoms with van der Waals surface area (Å²) in [6.07, 6.45) is 4.20. The highest BCUT2D eigenvalue weighted by molar-refractivity contribution is 5.94. The zero-order valence-corrected chi connectivity index (χ0v) is 12.1. The van der Waals surface area contributed by atoms with Gasteiger partial charge in [0.05, 0.1) is 12.6 Å². The van der Waals surface area contributed by atoms with Crippen LogP contribution in [0.2, 0.25) is 0 Å². The van der Waals surface area contributed by atoms with Crippen LogP contribution in [0.25, 0.3) is 0 Å². The third-order valence-electron chi connectivity index (χ3n) is 3.45. The SMILES string of the molecule is CCCC(N)C(=O)Nc1cccc(COCC2CC2)c1. The van der Waals surface area contributed by atoms with E-state index in [1.165, 1.54) is 12.8 Å². The third kappa shape index (κ3) is 4.94. The molecule has 1 unspecified atom stereocenters. The van der Waals surface area contributed by atoms with Crippen LogP contribution in [0.3, 0.4) is 0 Å². The molecule has 0 aliphatic heterocycles. The standard InChI is InChI=1S/C16H24N2O2/c1-2-4-15(17)16(19)18-14-6-3-5-13(9-14)11-20-10-12-7-8-12/h3,5-6,9,12,15H,2,4,7-8,10-11,17H2,1H3,(H,18,19). The first kappa shape index (κ1) is 15.0. The van der Waals surface area contributed by atoms with Crippen molar-refractivity contribution in [1.82, 2.24) is 0 Å². The van der Waals surface area contributed by atoms with Crippen LogP contribution < -0.4 is 11.1 Å². The lowest BCUT2D eigenvalue weighted by Crippen LogP contribution is -2.35. The highest BCUT2D eigenvalue weighted by atomic mass is 16.5. The minimum atomic E-state index is -0.435. The van der Waals surface area contributed by atoms with Gasteiger partial charge in [-0.25, -0.2) is 0 Å². The van der Waals surface area contributed by atoms with Crippen molar-refractivity contribution in [1.29, 1.82) is 0 Å². The molecule has 1 amide bonds. The molecule has 1 aliphatic rings. The van der Waals surface area contributed by atoms with Gasteiger partial charge in [-0.15, -0.1) is 0 Å². The van der Waals surface area contributed by atoms with Gasteiger partial charge in [0.2, 0.25) is 5.91 Å². The number of nitrogens with two attached hydrogens (primary N) is 1. The monoisotopic (exact) mass is 276 g/mol. The normalized spacial score (nSPS) is 15.9. The third-order valence-corrected chi connectivity index (χ3v) is 3.45. The molecule has 0 bridgehead atoms. The topological polar surface area (TPSA) is 64.4 Å². The minimum absolute atomic E-state index is 0.122. The molecule has 1 atom stereocenters. The molecular formula is C16H24N2O2. The van der Waals surface area contributed by atoms with E-state index in [-0.39, 0.29) is 5.91 Å². The molecule has 0 aromatic heterocycles. The van der Waals surface area contributed by atoms with E-state index in [2.05, 4.69) is 5.32 Å². The van der Waals surface area contributed by atoms with Gasteiger partial charge in [0.15, 0.2) is 0 Å². The van der Waals surface area contributed by atoms with Crippen molar-refractivity contribution in [2.75, 3.05) is 11.9 Å². The second-order valence-corrected chi connectivity index (χ2v) is 5.54. The van der Waals surface area contributed by atoms with E-state index in [1.54, 1.807) is 0 Å². The molecule has 3 N–H and O–H groups in total. The molecule has 1 aromatic carbocycles. The summed E-state index contributed by atoms with van der Waals surface area (Å²) in [5.41, 5.74) is 7.66. The maximum atomic E-state index is 11.9. The van der Waals surface area contributed by atoms with Gasteiger partial charge in [-0.2, -0.15) is 0 Å². The van der Waals surface area contributed by atoms with E-state index in [0.717, 1.165) is 30.2 Å². The second kappa shape index (κ2) is 7.41. The fourth-order valence-electron chi connectivity index (χ4n) is 2.04. The molecule has 4 nitrogen and oxygen atoms in total. The number of amides is 1. The number of nitrogens with one attached hydrogen (secondary N) is 1. The fraction of sp³-hybridized carbons (Fsp3) is 0.562. The Hall–Kier alpha value is -1.39. The molecule has 0 saturated heterocycles. The lowest BCUT2D eigenvalue weighted by molar-refractivity contribution is -0.117. The summed E-state index contributed by atoms with van der Waals surface area (Å²) in [7, 11) is 0. The van der Waals surface area contributed by atoms with Gasteiger partial charge in [0.1, 0.15) is 0 Å². The van der Waals surface area contributed by atoms with Crippen molar-refractivity contribution in [3.63, 3.8) is 0 Å². The number of rotatable bonds is 8. The smallest absolute Gasteiger partial charge is 0.241 e. The first-order valence-corrected chi connectivity index (χ1v) is 7.42. The molecule has 4 heteroatoms. The summed E-state index contributed by atoms with van der Waals surface area (Å²) in [5.74, 6) is 0.646. The first-order valence-electron chi connectivity index (χ1n) is 7.42. The van der Waals surface area contributed by atoms with Gasteiger partial charge in [0, 0.05) is 12.3 Å². The van der Waals surface area contributed by atoms with E-state index in [1.807, 2.05) is 31.2 Å². The summed E-state index contributed by atoms with van der Waals surface area (Å²) in [5, 5.41) is 2.86. The van der Waals surface area contributed by atoms with Crippen LogP contribution in [0.15, 0.2) is 24.3 Å². The predicted octanol–water partition coefficient (Wildman–Crippen LogP) is 2.68. The van der Waals surface area contributed by atoms with Gasteiger partial charge in [0.25, 0.3) is 0 Å². The van der Waals surface area contributed by atoms with Gasteiger partial charge in [-0.05, 0) is 42.9 Å². The maximum absolute atomic E-state index is 11.9. The van der Waals surface area contributed by atoms with Crippen LogP contribution in [0.5, 0.6) is 0 Å². The van der Waals surface area contributed by atoms with Crippen LogP contribution in [0.4, 0.5) is 5.69 Å². The average Bonchev–Trinajstić information content (AvgIpc) is 3.23. The van der Waals surface area contributed by atoms with E-state index in [9.17, 15) is 4.79 Å². The molecule has 0 spiro atoms. The number of hydrogen-bond acceptors (Lipinski definition) is 3. The van der Waals surface area contributed by atoms with Crippen LogP contribution >= 0.6 is 0 Å². The molecule has 0 heterocycles. The van der Waals surface area contributed by atoms with Gasteiger partial charge in [-0.3, -0.25) is 4.79 Å². The molecule has 1 aromatic rings. The summed E-state index contributed by atoms with van der Waals surface area (Å²) in [4.78, 5) is 11.9. The minimum Gasteiger partial charge on any atom is -0.376 e. The van der Waals surface area contributed by atoms with Crippen LogP contribution in [-0.2, 0) is 16.1 Å².